The number of aromatic nitrogens is 2. The summed E-state index contributed by atoms with van der Waals surface area (Å²) in [5.41, 5.74) is 2.62. The van der Waals surface area contributed by atoms with E-state index in [1.165, 1.54) is 11.3 Å². The molecule has 8 nitrogen and oxygen atoms in total. The van der Waals surface area contributed by atoms with Gasteiger partial charge in [0.25, 0.3) is 0 Å². The summed E-state index contributed by atoms with van der Waals surface area (Å²) in [7, 11) is 0. The molecule has 0 fully saturated rings. The van der Waals surface area contributed by atoms with E-state index in [4.69, 9.17) is 5.26 Å². The summed E-state index contributed by atoms with van der Waals surface area (Å²) in [4.78, 5) is 25.8. The molecule has 1 aromatic heterocycles. The molecule has 3 amide bonds. The van der Waals surface area contributed by atoms with Gasteiger partial charge in [-0.25, -0.2) is 4.79 Å². The minimum Gasteiger partial charge on any atom is -0.326 e. The summed E-state index contributed by atoms with van der Waals surface area (Å²) in [6, 6.07) is 24.1. The summed E-state index contributed by atoms with van der Waals surface area (Å²) in [6.07, 6.45) is 0.275. The molecular formula is C25H19BrN6O2S. The molecule has 1 heterocycles. The lowest BCUT2D eigenvalue weighted by molar-refractivity contribution is -0.117. The van der Waals surface area contributed by atoms with Gasteiger partial charge in [0.1, 0.15) is 11.0 Å². The SMILES string of the molecule is N#Cc1cccc(NC(=O)N[C@@H](Cc2ccccc2)C(=O)Nc2nnc(-c3ccc(Br)cc3)s2)c1. The third kappa shape index (κ3) is 6.72. The predicted octanol–water partition coefficient (Wildman–Crippen LogP) is 5.21. The first-order valence-electron chi connectivity index (χ1n) is 10.5. The predicted molar refractivity (Wildman–Crippen MR) is 139 cm³/mol. The molecule has 0 radical (unpaired) electrons. The van der Waals surface area contributed by atoms with Crippen LogP contribution in [0.3, 0.4) is 0 Å². The molecule has 0 saturated heterocycles. The maximum atomic E-state index is 13.1. The van der Waals surface area contributed by atoms with Gasteiger partial charge in [-0.15, -0.1) is 10.2 Å². The van der Waals surface area contributed by atoms with Crippen molar-refractivity contribution in [3.05, 3.63) is 94.5 Å². The van der Waals surface area contributed by atoms with Crippen LogP contribution in [0.4, 0.5) is 15.6 Å². The smallest absolute Gasteiger partial charge is 0.319 e. The van der Waals surface area contributed by atoms with E-state index < -0.39 is 18.0 Å². The van der Waals surface area contributed by atoms with Crippen molar-refractivity contribution in [2.45, 2.75) is 12.5 Å². The highest BCUT2D eigenvalue weighted by Gasteiger charge is 2.23. The van der Waals surface area contributed by atoms with Gasteiger partial charge in [0.2, 0.25) is 11.0 Å². The number of hydrogen-bond donors (Lipinski definition) is 3. The van der Waals surface area contributed by atoms with Crippen LogP contribution in [0, 0.1) is 11.3 Å². The minimum absolute atomic E-state index is 0.275. The largest absolute Gasteiger partial charge is 0.326 e. The van der Waals surface area contributed by atoms with Crippen LogP contribution in [0.5, 0.6) is 0 Å². The van der Waals surface area contributed by atoms with Crippen molar-refractivity contribution >= 4 is 50.0 Å². The van der Waals surface area contributed by atoms with E-state index in [0.717, 1.165) is 15.6 Å². The molecule has 0 aliphatic carbocycles. The maximum absolute atomic E-state index is 13.1. The number of hydrogen-bond acceptors (Lipinski definition) is 6. The van der Waals surface area contributed by atoms with Gasteiger partial charge in [-0.2, -0.15) is 5.26 Å². The molecule has 0 unspecified atom stereocenters. The third-order valence-electron chi connectivity index (χ3n) is 4.90. The summed E-state index contributed by atoms with van der Waals surface area (Å²) in [5.74, 6) is -0.423. The van der Waals surface area contributed by atoms with Crippen LogP contribution >= 0.6 is 27.3 Å². The van der Waals surface area contributed by atoms with Crippen molar-refractivity contribution in [1.29, 1.82) is 5.26 Å². The zero-order chi connectivity index (χ0) is 24.6. The van der Waals surface area contributed by atoms with Crippen molar-refractivity contribution in [2.24, 2.45) is 0 Å². The van der Waals surface area contributed by atoms with Gasteiger partial charge >= 0.3 is 6.03 Å². The van der Waals surface area contributed by atoms with E-state index in [1.807, 2.05) is 60.7 Å². The normalized spacial score (nSPS) is 11.2. The quantitative estimate of drug-likeness (QED) is 0.294. The van der Waals surface area contributed by atoms with Crippen molar-refractivity contribution in [1.82, 2.24) is 15.5 Å². The second kappa shape index (κ2) is 11.4. The highest BCUT2D eigenvalue weighted by atomic mass is 79.9. The number of nitrogens with zero attached hydrogens (tertiary/aromatic N) is 3. The number of nitrogens with one attached hydrogen (secondary N) is 3. The number of nitriles is 1. The fourth-order valence-corrected chi connectivity index (χ4v) is 4.24. The van der Waals surface area contributed by atoms with Crippen molar-refractivity contribution in [3.63, 3.8) is 0 Å². The van der Waals surface area contributed by atoms with Crippen molar-refractivity contribution < 1.29 is 9.59 Å². The highest BCUT2D eigenvalue weighted by molar-refractivity contribution is 9.10. The highest BCUT2D eigenvalue weighted by Crippen LogP contribution is 2.27. The van der Waals surface area contributed by atoms with E-state index in [1.54, 1.807) is 24.3 Å². The van der Waals surface area contributed by atoms with Crippen LogP contribution in [0.1, 0.15) is 11.1 Å². The average molecular weight is 547 g/mol. The van der Waals surface area contributed by atoms with E-state index >= 15 is 0 Å². The second-order valence-corrected chi connectivity index (χ2v) is 9.34. The summed E-state index contributed by atoms with van der Waals surface area (Å²) < 4.78 is 0.951. The first-order chi connectivity index (χ1) is 17.0. The Morgan fingerprint density at radius 1 is 0.971 bits per heavy atom. The Morgan fingerprint density at radius 2 is 1.74 bits per heavy atom. The maximum Gasteiger partial charge on any atom is 0.319 e. The number of carbonyl (C=O) groups is 2. The molecule has 0 spiro atoms. The van der Waals surface area contributed by atoms with Crippen LogP contribution in [0.15, 0.2) is 83.3 Å². The fraction of sp³-hybridized carbons (Fsp3) is 0.0800. The third-order valence-corrected chi connectivity index (χ3v) is 6.32. The Labute approximate surface area is 214 Å². The molecule has 174 valence electrons. The van der Waals surface area contributed by atoms with Gasteiger partial charge in [-0.05, 0) is 35.9 Å². The number of benzene rings is 3. The Hall–Kier alpha value is -4.07. The first kappa shape index (κ1) is 24.1. The van der Waals surface area contributed by atoms with Gasteiger partial charge in [0.15, 0.2) is 0 Å². The Morgan fingerprint density at radius 3 is 2.49 bits per heavy atom. The van der Waals surface area contributed by atoms with E-state index in [9.17, 15) is 9.59 Å². The van der Waals surface area contributed by atoms with Crippen LogP contribution in [-0.4, -0.2) is 28.2 Å². The topological polar surface area (TPSA) is 120 Å². The van der Waals surface area contributed by atoms with E-state index in [-0.39, 0.29) is 6.42 Å². The van der Waals surface area contributed by atoms with E-state index in [2.05, 4.69) is 42.1 Å². The molecule has 35 heavy (non-hydrogen) atoms. The molecule has 0 saturated carbocycles. The number of carbonyl (C=O) groups excluding carboxylic acids is 2. The lowest BCUT2D eigenvalue weighted by Crippen LogP contribution is -2.46. The summed E-state index contributed by atoms with van der Waals surface area (Å²) >= 11 is 4.64. The molecule has 4 aromatic rings. The number of amides is 3. The average Bonchev–Trinajstić information content (AvgIpc) is 3.33. The fourth-order valence-electron chi connectivity index (χ4n) is 3.23. The molecule has 3 aromatic carbocycles. The molecule has 10 heteroatoms. The van der Waals surface area contributed by atoms with Gasteiger partial charge in [0, 0.05) is 22.1 Å². The zero-order valence-electron chi connectivity index (χ0n) is 18.2. The lowest BCUT2D eigenvalue weighted by Gasteiger charge is -2.18. The van der Waals surface area contributed by atoms with Gasteiger partial charge in [-0.3, -0.25) is 10.1 Å². The molecule has 3 N–H and O–H groups in total. The molecule has 0 aliphatic heterocycles. The zero-order valence-corrected chi connectivity index (χ0v) is 20.6. The standard InChI is InChI=1S/C25H19BrN6O2S/c26-19-11-9-18(10-12-19)23-31-32-25(35-23)30-22(33)21(14-16-5-2-1-3-6-16)29-24(34)28-20-8-4-7-17(13-20)15-27/h1-13,21H,14H2,(H2,28,29,34)(H,30,32,33)/t21-/m0/s1. The second-order valence-electron chi connectivity index (χ2n) is 7.44. The molecule has 1 atom stereocenters. The summed E-state index contributed by atoms with van der Waals surface area (Å²) in [5, 5.41) is 26.4. The van der Waals surface area contributed by atoms with Gasteiger partial charge in [0.05, 0.1) is 11.6 Å². The monoisotopic (exact) mass is 546 g/mol. The Balaban J connectivity index is 1.47. The Bertz CT molecular complexity index is 1370. The minimum atomic E-state index is -0.878. The van der Waals surface area contributed by atoms with E-state index in [0.29, 0.717) is 21.4 Å². The molecule has 0 aliphatic rings. The lowest BCUT2D eigenvalue weighted by atomic mass is 10.1. The molecule has 0 bridgehead atoms. The van der Waals surface area contributed by atoms with Gasteiger partial charge < -0.3 is 10.6 Å². The molecule has 4 rings (SSSR count). The van der Waals surface area contributed by atoms with Crippen LogP contribution in [0.2, 0.25) is 0 Å². The van der Waals surface area contributed by atoms with Crippen LogP contribution < -0.4 is 16.0 Å². The number of rotatable bonds is 7. The number of urea groups is 1. The Kier molecular flexibility index (Phi) is 7.82. The first-order valence-corrected chi connectivity index (χ1v) is 12.1. The van der Waals surface area contributed by atoms with Crippen LogP contribution in [0.25, 0.3) is 10.6 Å². The van der Waals surface area contributed by atoms with Gasteiger partial charge in [-0.1, -0.05) is 75.8 Å². The number of anilines is 2. The van der Waals surface area contributed by atoms with Crippen molar-refractivity contribution in [2.75, 3.05) is 10.6 Å². The van der Waals surface area contributed by atoms with Crippen LogP contribution in [-0.2, 0) is 11.2 Å². The number of halogens is 1. The molecular weight excluding hydrogens is 528 g/mol. The summed E-state index contributed by atoms with van der Waals surface area (Å²) in [6.45, 7) is 0. The van der Waals surface area contributed by atoms with Crippen molar-refractivity contribution in [3.8, 4) is 16.6 Å².